The number of hydrogen-bond acceptors (Lipinski definition) is 5. The third-order valence-electron chi connectivity index (χ3n) is 5.51. The summed E-state index contributed by atoms with van der Waals surface area (Å²) in [5, 5.41) is 45.7. The first-order valence-corrected chi connectivity index (χ1v) is 10.7. The monoisotopic (exact) mass is 446 g/mol. The van der Waals surface area contributed by atoms with Gasteiger partial charge in [0.25, 0.3) is 5.41 Å². The Labute approximate surface area is 181 Å². The van der Waals surface area contributed by atoms with Gasteiger partial charge in [-0.2, -0.15) is 0 Å². The normalized spacial score (nSPS) is 12.3. The Kier molecular flexibility index (Phi) is 13.9. The molecule has 0 aliphatic rings. The molecule has 0 saturated heterocycles. The minimum atomic E-state index is -2.95. The van der Waals surface area contributed by atoms with E-state index in [0.29, 0.717) is 19.3 Å². The van der Waals surface area contributed by atoms with Crippen LogP contribution in [-0.4, -0.2) is 55.4 Å². The number of hydrogen-bond donors (Lipinski definition) is 5. The van der Waals surface area contributed by atoms with Crippen LogP contribution in [0.25, 0.3) is 0 Å². The highest BCUT2D eigenvalue weighted by Gasteiger charge is 2.59. The van der Waals surface area contributed by atoms with E-state index in [0.717, 1.165) is 32.1 Å². The molecule has 1 unspecified atom stereocenters. The van der Waals surface area contributed by atoms with Crippen molar-refractivity contribution in [2.75, 3.05) is 0 Å². The van der Waals surface area contributed by atoms with E-state index in [4.69, 9.17) is 10.2 Å². The minimum absolute atomic E-state index is 0.00174. The summed E-state index contributed by atoms with van der Waals surface area (Å²) in [5.74, 6) is -8.74. The molecule has 0 saturated carbocycles. The Balaban J connectivity index is 4.70. The van der Waals surface area contributed by atoms with Gasteiger partial charge in [-0.1, -0.05) is 51.4 Å². The zero-order valence-corrected chi connectivity index (χ0v) is 17.8. The van der Waals surface area contributed by atoms with Gasteiger partial charge < -0.3 is 25.5 Å². The summed E-state index contributed by atoms with van der Waals surface area (Å²) in [4.78, 5) is 56.2. The van der Waals surface area contributed by atoms with Gasteiger partial charge >= 0.3 is 29.8 Å². The molecule has 0 heterocycles. The van der Waals surface area contributed by atoms with Gasteiger partial charge in [-0.15, -0.1) is 0 Å². The smallest absolute Gasteiger partial charge is 0.333 e. The average molecular weight is 446 g/mol. The van der Waals surface area contributed by atoms with Crippen LogP contribution in [0.4, 0.5) is 0 Å². The Hall–Kier alpha value is -2.65. The Morgan fingerprint density at radius 2 is 0.774 bits per heavy atom. The van der Waals surface area contributed by atoms with Gasteiger partial charge in [0.2, 0.25) is 0 Å². The maximum Gasteiger partial charge on any atom is 0.333 e. The molecule has 0 rings (SSSR count). The number of carbonyl (C=O) groups is 5. The van der Waals surface area contributed by atoms with E-state index in [1.54, 1.807) is 0 Å². The van der Waals surface area contributed by atoms with Gasteiger partial charge in [-0.25, -0.2) is 0 Å². The first kappa shape index (κ1) is 28.4. The molecular weight excluding hydrogens is 412 g/mol. The van der Waals surface area contributed by atoms with Gasteiger partial charge in [0, 0.05) is 12.8 Å². The van der Waals surface area contributed by atoms with Gasteiger partial charge in [0.05, 0.1) is 0 Å². The summed E-state index contributed by atoms with van der Waals surface area (Å²) in [7, 11) is 0. The van der Waals surface area contributed by atoms with Crippen LogP contribution in [0.3, 0.4) is 0 Å². The van der Waals surface area contributed by atoms with Crippen molar-refractivity contribution in [1.29, 1.82) is 0 Å². The molecule has 0 aliphatic carbocycles. The van der Waals surface area contributed by atoms with Crippen LogP contribution < -0.4 is 0 Å². The quantitative estimate of drug-likeness (QED) is 0.137. The number of unbranched alkanes of at least 4 members (excludes halogenated alkanes) is 8. The van der Waals surface area contributed by atoms with Gasteiger partial charge in [0.15, 0.2) is 0 Å². The van der Waals surface area contributed by atoms with E-state index < -0.39 is 41.2 Å². The molecular formula is C21H34O10. The first-order valence-electron chi connectivity index (χ1n) is 10.7. The molecule has 10 nitrogen and oxygen atoms in total. The lowest BCUT2D eigenvalue weighted by Crippen LogP contribution is -2.52. The maximum atomic E-state index is 11.7. The van der Waals surface area contributed by atoms with Crippen LogP contribution in [0.2, 0.25) is 0 Å². The predicted octanol–water partition coefficient (Wildman–Crippen LogP) is 3.47. The highest BCUT2D eigenvalue weighted by molar-refractivity contribution is 6.16. The lowest BCUT2D eigenvalue weighted by atomic mass is 9.70. The molecule has 0 amide bonds. The van der Waals surface area contributed by atoms with Gasteiger partial charge in [-0.3, -0.25) is 24.0 Å². The van der Waals surface area contributed by atoms with Crippen molar-refractivity contribution >= 4 is 29.8 Å². The van der Waals surface area contributed by atoms with Crippen molar-refractivity contribution in [3.8, 4) is 0 Å². The number of carboxylic acid groups (broad SMARTS) is 5. The van der Waals surface area contributed by atoms with Gasteiger partial charge in [-0.05, 0) is 31.6 Å². The molecule has 0 bridgehead atoms. The topological polar surface area (TPSA) is 186 Å². The van der Waals surface area contributed by atoms with Crippen molar-refractivity contribution in [3.05, 3.63) is 0 Å². The SMILES string of the molecule is O=C(O)CCCCCCCCCCC(CCCCC(=O)O)C(C(=O)O)(C(=O)O)C(=O)O. The molecule has 5 N–H and O–H groups in total. The molecule has 0 aromatic rings. The number of carboxylic acids is 5. The second-order valence-corrected chi connectivity index (χ2v) is 7.82. The fourth-order valence-electron chi connectivity index (χ4n) is 3.77. The second kappa shape index (κ2) is 15.2. The molecule has 0 spiro atoms. The Morgan fingerprint density at radius 1 is 0.484 bits per heavy atom. The van der Waals surface area contributed by atoms with Crippen LogP contribution in [0, 0.1) is 11.3 Å². The molecule has 0 radical (unpaired) electrons. The lowest BCUT2D eigenvalue weighted by molar-refractivity contribution is -0.181. The summed E-state index contributed by atoms with van der Waals surface area (Å²) in [6.07, 6.45) is 6.76. The molecule has 0 aliphatic heterocycles. The molecule has 1 atom stereocenters. The third kappa shape index (κ3) is 10.3. The van der Waals surface area contributed by atoms with E-state index >= 15 is 0 Å². The molecule has 0 aromatic heterocycles. The summed E-state index contributed by atoms with van der Waals surface area (Å²) < 4.78 is 0. The fraction of sp³-hybridized carbons (Fsp3) is 0.762. The third-order valence-corrected chi connectivity index (χ3v) is 5.51. The zero-order valence-electron chi connectivity index (χ0n) is 17.8. The Morgan fingerprint density at radius 3 is 1.13 bits per heavy atom. The standard InChI is InChI=1S/C21H34O10/c22-16(23)13-8-6-4-2-1-3-5-7-11-15(12-9-10-14-17(24)25)21(18(26)27,19(28)29)20(30)31/h15H,1-14H2,(H,22,23)(H,24,25)(H,26,27)(H,28,29)(H,30,31). The van der Waals surface area contributed by atoms with Crippen molar-refractivity contribution < 1.29 is 49.5 Å². The first-order chi connectivity index (χ1) is 14.6. The highest BCUT2D eigenvalue weighted by atomic mass is 16.4. The zero-order chi connectivity index (χ0) is 23.9. The molecule has 31 heavy (non-hydrogen) atoms. The molecule has 0 aromatic carbocycles. The van der Waals surface area contributed by atoms with E-state index in [-0.39, 0.29) is 38.5 Å². The molecule has 10 heteroatoms. The van der Waals surface area contributed by atoms with Crippen LogP contribution in [0.1, 0.15) is 89.9 Å². The predicted molar refractivity (Wildman–Crippen MR) is 109 cm³/mol. The van der Waals surface area contributed by atoms with E-state index in [9.17, 15) is 39.3 Å². The number of aliphatic carboxylic acids is 5. The summed E-state index contributed by atoms with van der Waals surface area (Å²) in [6.45, 7) is 0. The van der Waals surface area contributed by atoms with Gasteiger partial charge in [0.1, 0.15) is 0 Å². The van der Waals surface area contributed by atoms with E-state index in [1.807, 2.05) is 0 Å². The van der Waals surface area contributed by atoms with E-state index in [2.05, 4.69) is 0 Å². The van der Waals surface area contributed by atoms with Crippen molar-refractivity contribution in [3.63, 3.8) is 0 Å². The molecule has 178 valence electrons. The van der Waals surface area contributed by atoms with Crippen LogP contribution in [-0.2, 0) is 24.0 Å². The summed E-state index contributed by atoms with van der Waals surface area (Å²) in [6, 6.07) is 0. The minimum Gasteiger partial charge on any atom is -0.481 e. The second-order valence-electron chi connectivity index (χ2n) is 7.82. The largest absolute Gasteiger partial charge is 0.481 e. The van der Waals surface area contributed by atoms with Crippen LogP contribution in [0.5, 0.6) is 0 Å². The van der Waals surface area contributed by atoms with Crippen LogP contribution >= 0.6 is 0 Å². The number of rotatable bonds is 20. The summed E-state index contributed by atoms with van der Waals surface area (Å²) in [5.41, 5.74) is -2.95. The van der Waals surface area contributed by atoms with Crippen molar-refractivity contribution in [2.24, 2.45) is 11.3 Å². The Bertz CT molecular complexity index is 577. The van der Waals surface area contributed by atoms with E-state index in [1.165, 1.54) is 0 Å². The average Bonchev–Trinajstić information content (AvgIpc) is 2.65. The molecule has 0 fully saturated rings. The van der Waals surface area contributed by atoms with Crippen LogP contribution in [0.15, 0.2) is 0 Å². The maximum absolute atomic E-state index is 11.7. The lowest BCUT2D eigenvalue weighted by Gasteiger charge is -2.30. The summed E-state index contributed by atoms with van der Waals surface area (Å²) >= 11 is 0. The highest BCUT2D eigenvalue weighted by Crippen LogP contribution is 2.37. The fourth-order valence-corrected chi connectivity index (χ4v) is 3.77. The van der Waals surface area contributed by atoms with Crippen molar-refractivity contribution in [1.82, 2.24) is 0 Å². The van der Waals surface area contributed by atoms with Crippen molar-refractivity contribution in [2.45, 2.75) is 89.9 Å².